The summed E-state index contributed by atoms with van der Waals surface area (Å²) >= 11 is 0. The lowest BCUT2D eigenvalue weighted by atomic mass is 9.84. The second-order valence-electron chi connectivity index (χ2n) is 8.35. The van der Waals surface area contributed by atoms with Crippen molar-refractivity contribution in [3.8, 4) is 22.4 Å². The van der Waals surface area contributed by atoms with Crippen molar-refractivity contribution in [3.05, 3.63) is 82.8 Å². The molecule has 0 bridgehead atoms. The Kier molecular flexibility index (Phi) is 2.05. The summed E-state index contributed by atoms with van der Waals surface area (Å²) in [7, 11) is 1.60. The van der Waals surface area contributed by atoms with Gasteiger partial charge in [-0.2, -0.15) is 0 Å². The molecule has 1 aliphatic rings. The van der Waals surface area contributed by atoms with Gasteiger partial charge in [-0.05, 0) is 63.2 Å². The molecule has 0 spiro atoms. The van der Waals surface area contributed by atoms with Crippen LogP contribution in [0, 0.1) is 20.6 Å². The molecule has 0 unspecified atom stereocenters. The van der Waals surface area contributed by atoms with Crippen LogP contribution in [0.25, 0.3) is 44.3 Å². The van der Waals surface area contributed by atoms with Crippen LogP contribution in [0.3, 0.4) is 0 Å². The van der Waals surface area contributed by atoms with Crippen LogP contribution in [0.5, 0.6) is 0 Å². The predicted octanol–water partition coefficient (Wildman–Crippen LogP) is 6.70. The van der Waals surface area contributed by atoms with Crippen LogP contribution in [0.4, 0.5) is 0 Å². The molecule has 0 saturated carbocycles. The van der Waals surface area contributed by atoms with E-state index in [1.165, 1.54) is 23.0 Å². The van der Waals surface area contributed by atoms with Crippen molar-refractivity contribution >= 4 is 21.9 Å². The van der Waals surface area contributed by atoms with E-state index in [4.69, 9.17) is 20.9 Å². The number of hydrogen-bond acceptors (Lipinski definition) is 2. The molecule has 0 atom stereocenters. The first-order valence-corrected chi connectivity index (χ1v) is 10.2. The van der Waals surface area contributed by atoms with Gasteiger partial charge in [0.05, 0.1) is 11.3 Å². The van der Waals surface area contributed by atoms with Gasteiger partial charge in [0.1, 0.15) is 18.2 Å². The fourth-order valence-electron chi connectivity index (χ4n) is 4.85. The Morgan fingerprint density at radius 2 is 1.75 bits per heavy atom. The lowest BCUT2D eigenvalue weighted by Gasteiger charge is -2.20. The van der Waals surface area contributed by atoms with Crippen molar-refractivity contribution in [1.29, 1.82) is 0 Å². The second-order valence-corrected chi connectivity index (χ2v) is 8.35. The highest BCUT2D eigenvalue weighted by Gasteiger charge is 2.40. The van der Waals surface area contributed by atoms with E-state index in [0.29, 0.717) is 38.7 Å². The summed E-state index contributed by atoms with van der Waals surface area (Å²) in [5, 5.41) is 1.02. The van der Waals surface area contributed by atoms with Gasteiger partial charge in [-0.1, -0.05) is 24.3 Å². The Balaban J connectivity index is 1.76. The fourth-order valence-corrected chi connectivity index (χ4v) is 4.85. The molecule has 3 heteroatoms. The molecule has 0 radical (unpaired) electrons. The highest BCUT2D eigenvalue weighted by atomic mass is 16.3. The van der Waals surface area contributed by atoms with Crippen molar-refractivity contribution in [2.24, 2.45) is 7.05 Å². The SMILES string of the molecule is [2H]C([2H])([2H])c1cc(-c2c(C)ccc3c2oc2c4c(ccc23)-c2cccnc2C4(C([2H])([2H])[2H])C([2H])([2H])[2H])[n+](C)cc1C([2H])([2H])[2H]. The van der Waals surface area contributed by atoms with Crippen LogP contribution in [0.15, 0.2) is 59.3 Å². The quantitative estimate of drug-likeness (QED) is 0.276. The number of rotatable bonds is 1. The molecule has 6 rings (SSSR count). The zero-order chi connectivity index (χ0) is 32.4. The normalized spacial score (nSPS) is 21.3. The lowest BCUT2D eigenvalue weighted by molar-refractivity contribution is -0.660. The van der Waals surface area contributed by atoms with Gasteiger partial charge < -0.3 is 4.42 Å². The van der Waals surface area contributed by atoms with Gasteiger partial charge in [0.2, 0.25) is 5.69 Å². The zero-order valence-electron chi connectivity index (χ0n) is 29.5. The Morgan fingerprint density at radius 1 is 0.938 bits per heavy atom. The molecule has 2 aromatic carbocycles. The molecule has 3 aromatic heterocycles. The number of nitrogens with zero attached hydrogens (tertiary/aromatic N) is 2. The number of fused-ring (bicyclic) bond motifs is 7. The highest BCUT2D eigenvalue weighted by molar-refractivity contribution is 6.12. The molecule has 0 N–H and O–H groups in total. The van der Waals surface area contributed by atoms with Crippen molar-refractivity contribution in [2.45, 2.75) is 39.7 Å². The van der Waals surface area contributed by atoms with Gasteiger partial charge in [-0.15, -0.1) is 0 Å². The van der Waals surface area contributed by atoms with Gasteiger partial charge in [0, 0.05) is 61.6 Å². The largest absolute Gasteiger partial charge is 0.455 e. The summed E-state index contributed by atoms with van der Waals surface area (Å²) in [4.78, 5) is 4.31. The van der Waals surface area contributed by atoms with Crippen molar-refractivity contribution < 1.29 is 25.4 Å². The maximum Gasteiger partial charge on any atom is 0.216 e. The summed E-state index contributed by atoms with van der Waals surface area (Å²) in [5.41, 5.74) is -0.592. The molecular formula is C29H27N2O+. The van der Waals surface area contributed by atoms with Crippen molar-refractivity contribution in [1.82, 2.24) is 4.98 Å². The Bertz CT molecular complexity index is 1980. The van der Waals surface area contributed by atoms with E-state index < -0.39 is 32.8 Å². The van der Waals surface area contributed by atoms with E-state index >= 15 is 0 Å². The zero-order valence-corrected chi connectivity index (χ0v) is 17.5. The van der Waals surface area contributed by atoms with E-state index in [1.807, 2.05) is 0 Å². The van der Waals surface area contributed by atoms with Crippen molar-refractivity contribution in [2.75, 3.05) is 0 Å². The second kappa shape index (κ2) is 6.29. The van der Waals surface area contributed by atoms with Gasteiger partial charge in [-0.25, -0.2) is 4.57 Å². The number of benzene rings is 2. The molecule has 0 aliphatic heterocycles. The van der Waals surface area contributed by atoms with E-state index in [2.05, 4.69) is 4.98 Å². The smallest absolute Gasteiger partial charge is 0.216 e. The molecular weight excluding hydrogens is 392 g/mol. The third-order valence-electron chi connectivity index (χ3n) is 6.38. The van der Waals surface area contributed by atoms with Crippen LogP contribution >= 0.6 is 0 Å². The first-order chi connectivity index (χ1) is 20.2. The van der Waals surface area contributed by atoms with Crippen LogP contribution in [0.1, 0.15) is 58.1 Å². The molecule has 5 aromatic rings. The van der Waals surface area contributed by atoms with Crippen LogP contribution in [-0.2, 0) is 12.5 Å². The lowest BCUT2D eigenvalue weighted by Crippen LogP contribution is -2.31. The minimum Gasteiger partial charge on any atom is -0.455 e. The number of aryl methyl sites for hydroxylation is 4. The first-order valence-electron chi connectivity index (χ1n) is 16.2. The molecule has 0 fully saturated rings. The minimum atomic E-state index is -3.05. The molecule has 0 saturated heterocycles. The molecule has 158 valence electrons. The molecule has 32 heavy (non-hydrogen) atoms. The maximum atomic E-state index is 8.58. The van der Waals surface area contributed by atoms with E-state index in [0.717, 1.165) is 0 Å². The Hall–Kier alpha value is -3.46. The highest BCUT2D eigenvalue weighted by Crippen LogP contribution is 2.52. The molecule has 3 nitrogen and oxygen atoms in total. The third kappa shape index (κ3) is 2.37. The van der Waals surface area contributed by atoms with E-state index in [1.54, 1.807) is 50.4 Å². The summed E-state index contributed by atoms with van der Waals surface area (Å²) < 4.78 is 108. The van der Waals surface area contributed by atoms with Gasteiger partial charge in [-0.3, -0.25) is 4.98 Å². The first kappa shape index (κ1) is 10.4. The Morgan fingerprint density at radius 3 is 2.56 bits per heavy atom. The monoisotopic (exact) mass is 431 g/mol. The van der Waals surface area contributed by atoms with Crippen LogP contribution < -0.4 is 4.57 Å². The Labute approximate surface area is 205 Å². The number of furan rings is 1. The number of hydrogen-bond donors (Lipinski definition) is 0. The van der Waals surface area contributed by atoms with Crippen molar-refractivity contribution in [3.63, 3.8) is 0 Å². The van der Waals surface area contributed by atoms with Gasteiger partial charge in [0.25, 0.3) is 0 Å². The fraction of sp³-hybridized carbons (Fsp3) is 0.241. The predicted molar refractivity (Wildman–Crippen MR) is 130 cm³/mol. The molecule has 0 amide bonds. The number of aromatic nitrogens is 2. The number of pyridine rings is 2. The summed E-state index contributed by atoms with van der Waals surface area (Å²) in [6, 6.07) is 11.6. The third-order valence-corrected chi connectivity index (χ3v) is 6.38. The average Bonchev–Trinajstić information content (AvgIpc) is 3.41. The van der Waals surface area contributed by atoms with E-state index in [9.17, 15) is 0 Å². The minimum absolute atomic E-state index is 0.00573. The van der Waals surface area contributed by atoms with Crippen LogP contribution in [0.2, 0.25) is 0 Å². The maximum absolute atomic E-state index is 8.58. The van der Waals surface area contributed by atoms with E-state index in [-0.39, 0.29) is 33.6 Å². The average molecular weight is 432 g/mol. The molecule has 3 heterocycles. The summed E-state index contributed by atoms with van der Waals surface area (Å²) in [5.74, 6) is 0. The molecule has 1 aliphatic carbocycles. The van der Waals surface area contributed by atoms with Gasteiger partial charge in [0.15, 0.2) is 6.20 Å². The van der Waals surface area contributed by atoms with Gasteiger partial charge >= 0.3 is 0 Å². The topological polar surface area (TPSA) is 29.9 Å². The van der Waals surface area contributed by atoms with Crippen LogP contribution in [-0.4, -0.2) is 4.98 Å². The summed E-state index contributed by atoms with van der Waals surface area (Å²) in [6.45, 7) is -9.73. The standard InChI is InChI=1S/C29H27N2O/c1-16-9-10-20-21-12-11-19-22-8-7-13-30-28(22)29(4,5)25(19)27(21)32-26(20)24(16)23-14-17(2)18(3)15-31(23)6/h7-15H,1-6H3/q+1/i2D3,3D3,4D3,5D3. The summed E-state index contributed by atoms with van der Waals surface area (Å²) in [6.07, 6.45) is 2.65.